The molecule has 1 aliphatic rings. The minimum Gasteiger partial charge on any atom is -0.464 e. The van der Waals surface area contributed by atoms with Crippen molar-refractivity contribution < 1.29 is 14.3 Å². The Morgan fingerprint density at radius 1 is 1.20 bits per heavy atom. The van der Waals surface area contributed by atoms with Crippen LogP contribution in [-0.4, -0.2) is 35.3 Å². The molecule has 2 aromatic carbocycles. The van der Waals surface area contributed by atoms with Gasteiger partial charge in [0.25, 0.3) is 0 Å². The predicted octanol–water partition coefficient (Wildman–Crippen LogP) is 5.89. The number of hydrogen-bond acceptors (Lipinski definition) is 4. The summed E-state index contributed by atoms with van der Waals surface area (Å²) in [6.45, 7) is 4.46. The Kier molecular flexibility index (Phi) is 8.05. The summed E-state index contributed by atoms with van der Waals surface area (Å²) in [5.74, 6) is 0.0893. The van der Waals surface area contributed by atoms with Crippen LogP contribution < -0.4 is 5.32 Å². The average Bonchev–Trinajstić information content (AvgIpc) is 3.19. The average molecular weight is 447 g/mol. The molecule has 2 atom stereocenters. The van der Waals surface area contributed by atoms with Crippen LogP contribution in [0.2, 0.25) is 5.02 Å². The van der Waals surface area contributed by atoms with Crippen LogP contribution in [0.5, 0.6) is 0 Å². The van der Waals surface area contributed by atoms with E-state index >= 15 is 0 Å². The van der Waals surface area contributed by atoms with Crippen molar-refractivity contribution in [2.45, 2.75) is 44.5 Å². The van der Waals surface area contributed by atoms with Gasteiger partial charge in [-0.25, -0.2) is 9.59 Å². The molecule has 0 aliphatic carbocycles. The van der Waals surface area contributed by atoms with Crippen molar-refractivity contribution in [2.24, 2.45) is 0 Å². The molecule has 3 rings (SSSR count). The lowest BCUT2D eigenvalue weighted by atomic mass is 10.1. The molecule has 0 aromatic heterocycles. The highest BCUT2D eigenvalue weighted by Crippen LogP contribution is 2.44. The first-order valence-electron chi connectivity index (χ1n) is 10.3. The number of unbranched alkanes of at least 4 members (excludes halogenated alkanes) is 1. The number of urea groups is 1. The molecule has 1 saturated heterocycles. The van der Waals surface area contributed by atoms with E-state index in [4.69, 9.17) is 16.3 Å². The number of anilines is 1. The van der Waals surface area contributed by atoms with Crippen molar-refractivity contribution in [1.29, 1.82) is 0 Å². The molecule has 1 fully saturated rings. The van der Waals surface area contributed by atoms with Crippen molar-refractivity contribution in [1.82, 2.24) is 4.90 Å². The highest BCUT2D eigenvalue weighted by molar-refractivity contribution is 7.99. The molecule has 0 saturated carbocycles. The number of hydrogen-bond donors (Lipinski definition) is 1. The van der Waals surface area contributed by atoms with Crippen LogP contribution in [0.1, 0.15) is 43.2 Å². The molecule has 5 nitrogen and oxygen atoms in total. The van der Waals surface area contributed by atoms with E-state index in [1.165, 1.54) is 11.8 Å². The summed E-state index contributed by atoms with van der Waals surface area (Å²) in [5.41, 5.74) is 2.64. The summed E-state index contributed by atoms with van der Waals surface area (Å²) in [7, 11) is 0. The van der Waals surface area contributed by atoms with Gasteiger partial charge in [0.2, 0.25) is 0 Å². The Morgan fingerprint density at radius 2 is 2.00 bits per heavy atom. The minimum absolute atomic E-state index is 0.337. The molecule has 7 heteroatoms. The number of rotatable bonds is 7. The van der Waals surface area contributed by atoms with Gasteiger partial charge in [-0.2, -0.15) is 0 Å². The number of thioether (sulfide) groups is 1. The molecule has 160 valence electrons. The molecule has 1 N–H and O–H groups in total. The van der Waals surface area contributed by atoms with Crippen LogP contribution in [-0.2, 0) is 16.0 Å². The van der Waals surface area contributed by atoms with Crippen molar-refractivity contribution in [3.63, 3.8) is 0 Å². The van der Waals surface area contributed by atoms with E-state index in [0.29, 0.717) is 23.1 Å². The van der Waals surface area contributed by atoms with Gasteiger partial charge in [-0.3, -0.25) is 4.90 Å². The first-order valence-corrected chi connectivity index (χ1v) is 11.7. The largest absolute Gasteiger partial charge is 0.464 e. The van der Waals surface area contributed by atoms with E-state index < -0.39 is 6.04 Å². The first kappa shape index (κ1) is 22.5. The number of benzene rings is 2. The number of ether oxygens (including phenoxy) is 1. The van der Waals surface area contributed by atoms with E-state index in [1.807, 2.05) is 49.4 Å². The van der Waals surface area contributed by atoms with Gasteiger partial charge in [-0.15, -0.1) is 11.8 Å². The summed E-state index contributed by atoms with van der Waals surface area (Å²) in [5, 5.41) is 3.16. The number of esters is 1. The SMILES string of the molecule is CCCCOC(=O)C1CSC(c2ccccc2Cl)N1C(=O)Nc1cccc(CC)c1. The molecule has 0 bridgehead atoms. The third-order valence-electron chi connectivity index (χ3n) is 5.01. The fourth-order valence-electron chi connectivity index (χ4n) is 3.32. The van der Waals surface area contributed by atoms with Crippen LogP contribution >= 0.6 is 23.4 Å². The lowest BCUT2D eigenvalue weighted by Crippen LogP contribution is -2.46. The minimum atomic E-state index is -0.664. The maximum Gasteiger partial charge on any atom is 0.329 e. The number of nitrogens with one attached hydrogen (secondary N) is 1. The summed E-state index contributed by atoms with van der Waals surface area (Å²) in [4.78, 5) is 27.6. The second-order valence-electron chi connectivity index (χ2n) is 7.14. The van der Waals surface area contributed by atoms with Crippen LogP contribution in [0.3, 0.4) is 0 Å². The number of carbonyl (C=O) groups excluding carboxylic acids is 2. The fourth-order valence-corrected chi connectivity index (χ4v) is 5.07. The second kappa shape index (κ2) is 10.7. The zero-order valence-corrected chi connectivity index (χ0v) is 18.8. The number of amides is 2. The van der Waals surface area contributed by atoms with Crippen molar-refractivity contribution in [2.75, 3.05) is 17.7 Å². The van der Waals surface area contributed by atoms with E-state index in [2.05, 4.69) is 12.2 Å². The Morgan fingerprint density at radius 3 is 2.73 bits per heavy atom. The number of halogens is 1. The smallest absolute Gasteiger partial charge is 0.329 e. The Hall–Kier alpha value is -2.18. The van der Waals surface area contributed by atoms with Crippen LogP contribution in [0.4, 0.5) is 10.5 Å². The second-order valence-corrected chi connectivity index (χ2v) is 8.66. The van der Waals surface area contributed by atoms with Crippen molar-refractivity contribution in [3.8, 4) is 0 Å². The number of nitrogens with zero attached hydrogens (tertiary/aromatic N) is 1. The molecular weight excluding hydrogens is 420 g/mol. The van der Waals surface area contributed by atoms with Crippen LogP contribution in [0.25, 0.3) is 0 Å². The zero-order chi connectivity index (χ0) is 21.5. The first-order chi connectivity index (χ1) is 14.5. The predicted molar refractivity (Wildman–Crippen MR) is 123 cm³/mol. The van der Waals surface area contributed by atoms with Gasteiger partial charge in [0, 0.05) is 22.0 Å². The fraction of sp³-hybridized carbons (Fsp3) is 0.391. The third-order valence-corrected chi connectivity index (χ3v) is 6.66. The topological polar surface area (TPSA) is 58.6 Å². The van der Waals surface area contributed by atoms with E-state index in [9.17, 15) is 9.59 Å². The molecule has 30 heavy (non-hydrogen) atoms. The lowest BCUT2D eigenvalue weighted by Gasteiger charge is -2.29. The van der Waals surface area contributed by atoms with Gasteiger partial charge in [0.05, 0.1) is 6.61 Å². The van der Waals surface area contributed by atoms with Crippen molar-refractivity contribution in [3.05, 3.63) is 64.7 Å². The molecule has 2 amide bonds. The van der Waals surface area contributed by atoms with Crippen molar-refractivity contribution >= 4 is 41.1 Å². The molecular formula is C23H27ClN2O3S. The highest BCUT2D eigenvalue weighted by Gasteiger charge is 2.44. The summed E-state index contributed by atoms with van der Waals surface area (Å²) in [6.07, 6.45) is 2.61. The molecule has 2 aromatic rings. The van der Waals surface area contributed by atoms with Gasteiger partial charge in [0.1, 0.15) is 11.4 Å². The Balaban J connectivity index is 1.86. The standard InChI is InChI=1S/C23H27ClN2O3S/c1-3-5-13-29-22(27)20-15-30-21(18-11-6-7-12-19(18)24)26(20)23(28)25-17-10-8-9-16(4-2)14-17/h6-12,14,20-21H,3-5,13,15H2,1-2H3,(H,25,28). The van der Waals surface area contributed by atoms with Gasteiger partial charge in [-0.05, 0) is 36.6 Å². The lowest BCUT2D eigenvalue weighted by molar-refractivity contribution is -0.148. The summed E-state index contributed by atoms with van der Waals surface area (Å²) >= 11 is 7.94. The molecule has 2 unspecified atom stereocenters. The quantitative estimate of drug-likeness (QED) is 0.425. The maximum absolute atomic E-state index is 13.3. The summed E-state index contributed by atoms with van der Waals surface area (Å²) in [6, 6.07) is 14.1. The van der Waals surface area contributed by atoms with Gasteiger partial charge < -0.3 is 10.1 Å². The third kappa shape index (κ3) is 5.29. The van der Waals surface area contributed by atoms with Gasteiger partial charge >= 0.3 is 12.0 Å². The van der Waals surface area contributed by atoms with E-state index in [0.717, 1.165) is 30.4 Å². The normalized spacial score (nSPS) is 18.3. The molecule has 1 heterocycles. The maximum atomic E-state index is 13.3. The zero-order valence-electron chi connectivity index (χ0n) is 17.3. The Bertz CT molecular complexity index is 892. The molecule has 0 spiro atoms. The van der Waals surface area contributed by atoms with E-state index in [1.54, 1.807) is 11.0 Å². The van der Waals surface area contributed by atoms with Crippen LogP contribution in [0, 0.1) is 0 Å². The van der Waals surface area contributed by atoms with E-state index in [-0.39, 0.29) is 17.4 Å². The monoisotopic (exact) mass is 446 g/mol. The van der Waals surface area contributed by atoms with Gasteiger partial charge in [-0.1, -0.05) is 62.2 Å². The number of carbonyl (C=O) groups is 2. The Labute approximate surface area is 187 Å². The summed E-state index contributed by atoms with van der Waals surface area (Å²) < 4.78 is 5.44. The molecule has 1 aliphatic heterocycles. The number of aryl methyl sites for hydroxylation is 1. The van der Waals surface area contributed by atoms with Crippen LogP contribution in [0.15, 0.2) is 48.5 Å². The molecule has 0 radical (unpaired) electrons. The highest BCUT2D eigenvalue weighted by atomic mass is 35.5. The van der Waals surface area contributed by atoms with Gasteiger partial charge in [0.15, 0.2) is 0 Å².